The molecule has 1 aromatic carbocycles. The Morgan fingerprint density at radius 3 is 2.78 bits per heavy atom. The molecule has 1 aliphatic rings. The zero-order valence-corrected chi connectivity index (χ0v) is 16.5. The number of methoxy groups -OCH3 is 1. The maximum Gasteiger partial charge on any atom is 0.179 e. The number of likely N-dealkylation sites (tertiary alicyclic amines) is 1. The van der Waals surface area contributed by atoms with Crippen LogP contribution < -0.4 is 4.74 Å². The number of piperidine rings is 1. The van der Waals surface area contributed by atoms with Gasteiger partial charge >= 0.3 is 0 Å². The molecular formula is C22H26N4O. The van der Waals surface area contributed by atoms with Gasteiger partial charge in [-0.25, -0.2) is 9.97 Å². The Labute approximate surface area is 160 Å². The average molecular weight is 362 g/mol. The largest absolute Gasteiger partial charge is 0.496 e. The molecule has 27 heavy (non-hydrogen) atoms. The second-order valence-electron chi connectivity index (χ2n) is 7.59. The van der Waals surface area contributed by atoms with Gasteiger partial charge in [0.15, 0.2) is 5.65 Å². The van der Waals surface area contributed by atoms with Gasteiger partial charge in [-0.15, -0.1) is 0 Å². The van der Waals surface area contributed by atoms with E-state index in [1.54, 1.807) is 7.11 Å². The van der Waals surface area contributed by atoms with E-state index < -0.39 is 0 Å². The molecule has 0 aliphatic carbocycles. The topological polar surface area (TPSA) is 51.1 Å². The number of pyridine rings is 1. The lowest BCUT2D eigenvalue weighted by Crippen LogP contribution is -2.31. The van der Waals surface area contributed by atoms with E-state index >= 15 is 0 Å². The first kappa shape index (κ1) is 17.9. The Kier molecular flexibility index (Phi) is 4.79. The lowest BCUT2D eigenvalue weighted by Gasteiger charge is -2.29. The van der Waals surface area contributed by atoms with Crippen molar-refractivity contribution in [3.8, 4) is 17.0 Å². The van der Waals surface area contributed by atoms with E-state index in [4.69, 9.17) is 14.7 Å². The Morgan fingerprint density at radius 1 is 1.15 bits per heavy atom. The van der Waals surface area contributed by atoms with Crippen LogP contribution in [0, 0.1) is 13.8 Å². The lowest BCUT2D eigenvalue weighted by atomic mass is 9.95. The standard InChI is InChI=1S/C22H26N4O/c1-14-10-15(2)21(20(11-14)27-4)17-7-8-18-22(24-17)25-19(12-23-18)16-6-5-9-26(3)13-16/h7-8,10-12,16H,5-6,9,13H2,1-4H3/t16-/m1/s1. The number of benzene rings is 1. The quantitative estimate of drug-likeness (QED) is 0.701. The number of hydrogen-bond acceptors (Lipinski definition) is 5. The number of likely N-dealkylation sites (N-methyl/N-ethyl adjacent to an activating group) is 1. The third-order valence-electron chi connectivity index (χ3n) is 5.39. The molecule has 2 aromatic heterocycles. The molecule has 5 nitrogen and oxygen atoms in total. The van der Waals surface area contributed by atoms with Gasteiger partial charge in [-0.2, -0.15) is 0 Å². The maximum absolute atomic E-state index is 5.62. The molecule has 1 saturated heterocycles. The zero-order chi connectivity index (χ0) is 19.0. The molecule has 3 heterocycles. The minimum absolute atomic E-state index is 0.432. The molecule has 0 saturated carbocycles. The van der Waals surface area contributed by atoms with E-state index in [9.17, 15) is 0 Å². The van der Waals surface area contributed by atoms with Crippen LogP contribution in [0.15, 0.2) is 30.5 Å². The number of nitrogens with zero attached hydrogens (tertiary/aromatic N) is 4. The highest BCUT2D eigenvalue weighted by atomic mass is 16.5. The molecule has 0 radical (unpaired) electrons. The SMILES string of the molecule is COc1cc(C)cc(C)c1-c1ccc2ncc([C@@H]3CCCN(C)C3)nc2n1. The fraction of sp³-hybridized carbons (Fsp3) is 0.409. The smallest absolute Gasteiger partial charge is 0.179 e. The number of aromatic nitrogens is 3. The predicted octanol–water partition coefficient (Wildman–Crippen LogP) is 4.13. The Hall–Kier alpha value is -2.53. The first-order valence-electron chi connectivity index (χ1n) is 9.53. The molecule has 140 valence electrons. The van der Waals surface area contributed by atoms with Crippen molar-refractivity contribution in [3.63, 3.8) is 0 Å². The normalized spacial score (nSPS) is 18.0. The first-order valence-corrected chi connectivity index (χ1v) is 9.53. The highest BCUT2D eigenvalue weighted by molar-refractivity contribution is 5.78. The van der Waals surface area contributed by atoms with E-state index in [0.717, 1.165) is 53.3 Å². The second kappa shape index (κ2) is 7.24. The van der Waals surface area contributed by atoms with Crippen LogP contribution >= 0.6 is 0 Å². The van der Waals surface area contributed by atoms with Crippen molar-refractivity contribution in [2.75, 3.05) is 27.2 Å². The van der Waals surface area contributed by atoms with Crippen LogP contribution in [0.1, 0.15) is 35.6 Å². The molecule has 0 amide bonds. The van der Waals surface area contributed by atoms with Crippen LogP contribution in [0.3, 0.4) is 0 Å². The van der Waals surface area contributed by atoms with E-state index in [1.807, 2.05) is 24.4 Å². The third kappa shape index (κ3) is 3.52. The molecule has 1 aliphatic heterocycles. The number of fused-ring (bicyclic) bond motifs is 1. The van der Waals surface area contributed by atoms with Gasteiger partial charge in [0.05, 0.1) is 18.5 Å². The molecule has 4 rings (SSSR count). The first-order chi connectivity index (χ1) is 13.0. The summed E-state index contributed by atoms with van der Waals surface area (Å²) in [6, 6.07) is 8.21. The maximum atomic E-state index is 5.62. The summed E-state index contributed by atoms with van der Waals surface area (Å²) in [5.41, 5.74) is 6.81. The van der Waals surface area contributed by atoms with Gasteiger partial charge < -0.3 is 9.64 Å². The van der Waals surface area contributed by atoms with Gasteiger partial charge in [0.1, 0.15) is 11.3 Å². The Bertz CT molecular complexity index is 985. The van der Waals surface area contributed by atoms with Crippen molar-refractivity contribution < 1.29 is 4.74 Å². The lowest BCUT2D eigenvalue weighted by molar-refractivity contribution is 0.248. The molecule has 1 atom stereocenters. The molecule has 1 fully saturated rings. The summed E-state index contributed by atoms with van der Waals surface area (Å²) in [6.07, 6.45) is 4.29. The van der Waals surface area contributed by atoms with E-state index in [-0.39, 0.29) is 0 Å². The molecule has 0 bridgehead atoms. The van der Waals surface area contributed by atoms with Crippen molar-refractivity contribution in [2.45, 2.75) is 32.6 Å². The fourth-order valence-electron chi connectivity index (χ4n) is 4.07. The minimum Gasteiger partial charge on any atom is -0.496 e. The summed E-state index contributed by atoms with van der Waals surface area (Å²) >= 11 is 0. The predicted molar refractivity (Wildman–Crippen MR) is 108 cm³/mol. The highest BCUT2D eigenvalue weighted by Crippen LogP contribution is 2.34. The van der Waals surface area contributed by atoms with Crippen molar-refractivity contribution >= 4 is 11.2 Å². The summed E-state index contributed by atoms with van der Waals surface area (Å²) in [5, 5.41) is 0. The number of aryl methyl sites for hydroxylation is 2. The van der Waals surface area contributed by atoms with Crippen LogP contribution in [0.4, 0.5) is 0 Å². The monoisotopic (exact) mass is 362 g/mol. The number of hydrogen-bond donors (Lipinski definition) is 0. The van der Waals surface area contributed by atoms with Crippen molar-refractivity contribution in [1.82, 2.24) is 19.9 Å². The van der Waals surface area contributed by atoms with Crippen LogP contribution in [-0.2, 0) is 0 Å². The molecule has 0 unspecified atom stereocenters. The van der Waals surface area contributed by atoms with Crippen molar-refractivity contribution in [1.29, 1.82) is 0 Å². The Morgan fingerprint density at radius 2 is 2.00 bits per heavy atom. The van der Waals surface area contributed by atoms with E-state index in [2.05, 4.69) is 36.8 Å². The van der Waals surface area contributed by atoms with Crippen molar-refractivity contribution in [2.24, 2.45) is 0 Å². The van der Waals surface area contributed by atoms with Crippen LogP contribution in [0.2, 0.25) is 0 Å². The molecule has 3 aromatic rings. The van der Waals surface area contributed by atoms with E-state index in [1.165, 1.54) is 12.0 Å². The minimum atomic E-state index is 0.432. The third-order valence-corrected chi connectivity index (χ3v) is 5.39. The van der Waals surface area contributed by atoms with Crippen LogP contribution in [0.25, 0.3) is 22.4 Å². The Balaban J connectivity index is 1.78. The summed E-state index contributed by atoms with van der Waals surface area (Å²) in [5.74, 6) is 1.28. The fourth-order valence-corrected chi connectivity index (χ4v) is 4.07. The molecule has 5 heteroatoms. The van der Waals surface area contributed by atoms with Crippen molar-refractivity contribution in [3.05, 3.63) is 47.3 Å². The van der Waals surface area contributed by atoms with Gasteiger partial charge in [-0.05, 0) is 69.6 Å². The highest BCUT2D eigenvalue weighted by Gasteiger charge is 2.21. The summed E-state index contributed by atoms with van der Waals surface area (Å²) in [7, 11) is 3.87. The molecular weight excluding hydrogens is 336 g/mol. The van der Waals surface area contributed by atoms with Gasteiger partial charge in [-0.1, -0.05) is 6.07 Å². The van der Waals surface area contributed by atoms with Gasteiger partial charge in [0, 0.05) is 24.2 Å². The summed E-state index contributed by atoms with van der Waals surface area (Å²) < 4.78 is 5.62. The summed E-state index contributed by atoms with van der Waals surface area (Å²) in [4.78, 5) is 16.7. The summed E-state index contributed by atoms with van der Waals surface area (Å²) in [6.45, 7) is 6.36. The van der Waals surface area contributed by atoms with E-state index in [0.29, 0.717) is 11.6 Å². The average Bonchev–Trinajstić information content (AvgIpc) is 2.66. The van der Waals surface area contributed by atoms with Crippen LogP contribution in [-0.4, -0.2) is 47.1 Å². The zero-order valence-electron chi connectivity index (χ0n) is 16.5. The number of ether oxygens (including phenoxy) is 1. The van der Waals surface area contributed by atoms with Gasteiger partial charge in [0.25, 0.3) is 0 Å². The van der Waals surface area contributed by atoms with Crippen LogP contribution in [0.5, 0.6) is 5.75 Å². The second-order valence-corrected chi connectivity index (χ2v) is 7.59. The number of rotatable bonds is 3. The molecule has 0 N–H and O–H groups in total. The molecule has 0 spiro atoms. The van der Waals surface area contributed by atoms with Gasteiger partial charge in [-0.3, -0.25) is 4.98 Å². The van der Waals surface area contributed by atoms with Gasteiger partial charge in [0.2, 0.25) is 0 Å².